The van der Waals surface area contributed by atoms with Gasteiger partial charge >= 0.3 is 0 Å². The molecule has 2 heterocycles. The maximum atomic E-state index is 4.14. The second-order valence-electron chi connectivity index (χ2n) is 5.72. The van der Waals surface area contributed by atoms with Gasteiger partial charge in [-0.3, -0.25) is 0 Å². The van der Waals surface area contributed by atoms with Gasteiger partial charge in [0, 0.05) is 10.4 Å². The van der Waals surface area contributed by atoms with E-state index in [9.17, 15) is 0 Å². The second-order valence-corrected chi connectivity index (χ2v) is 6.77. The van der Waals surface area contributed by atoms with Gasteiger partial charge in [0.1, 0.15) is 0 Å². The van der Waals surface area contributed by atoms with Gasteiger partial charge in [-0.15, -0.1) is 21.5 Å². The molecule has 0 aliphatic heterocycles. The third-order valence-corrected chi connectivity index (χ3v) is 5.29. The van der Waals surface area contributed by atoms with E-state index in [0.29, 0.717) is 5.82 Å². The van der Waals surface area contributed by atoms with Crippen molar-refractivity contribution < 1.29 is 0 Å². The van der Waals surface area contributed by atoms with Crippen LogP contribution in [-0.4, -0.2) is 20.6 Å². The summed E-state index contributed by atoms with van der Waals surface area (Å²) in [5.41, 5.74) is 6.21. The number of aromatic nitrogens is 4. The fourth-order valence-electron chi connectivity index (χ4n) is 2.87. The highest BCUT2D eigenvalue weighted by molar-refractivity contribution is 7.19. The van der Waals surface area contributed by atoms with Crippen molar-refractivity contribution in [3.05, 3.63) is 65.7 Å². The zero-order valence-electron chi connectivity index (χ0n) is 13.4. The van der Waals surface area contributed by atoms with E-state index in [1.54, 1.807) is 11.3 Å². The molecule has 0 unspecified atom stereocenters. The number of nitrogens with one attached hydrogen (secondary N) is 1. The molecule has 0 radical (unpaired) electrons. The number of aryl methyl sites for hydroxylation is 2. The van der Waals surface area contributed by atoms with E-state index in [1.807, 2.05) is 0 Å². The molecule has 0 aliphatic rings. The van der Waals surface area contributed by atoms with Gasteiger partial charge in [0.2, 0.25) is 5.82 Å². The van der Waals surface area contributed by atoms with Crippen molar-refractivity contribution in [2.75, 3.05) is 0 Å². The number of thiophene rings is 1. The first-order chi connectivity index (χ1) is 11.7. The molecular weight excluding hydrogens is 316 g/mol. The Morgan fingerprint density at radius 3 is 2.12 bits per heavy atom. The quantitative estimate of drug-likeness (QED) is 0.582. The van der Waals surface area contributed by atoms with Gasteiger partial charge in [0.05, 0.1) is 4.88 Å². The van der Waals surface area contributed by atoms with Crippen LogP contribution in [0.5, 0.6) is 0 Å². The van der Waals surface area contributed by atoms with Crippen molar-refractivity contribution >= 4 is 11.3 Å². The summed E-state index contributed by atoms with van der Waals surface area (Å²) in [6.07, 6.45) is 0. The first-order valence-corrected chi connectivity index (χ1v) is 8.55. The Labute approximate surface area is 144 Å². The molecule has 0 saturated carbocycles. The van der Waals surface area contributed by atoms with Crippen LogP contribution in [0, 0.1) is 13.8 Å². The van der Waals surface area contributed by atoms with Crippen LogP contribution >= 0.6 is 11.3 Å². The van der Waals surface area contributed by atoms with Crippen molar-refractivity contribution in [3.63, 3.8) is 0 Å². The van der Waals surface area contributed by atoms with Gasteiger partial charge in [-0.05, 0) is 47.4 Å². The second kappa shape index (κ2) is 6.02. The first-order valence-electron chi connectivity index (χ1n) is 7.73. The number of rotatable bonds is 3. The van der Waals surface area contributed by atoms with E-state index >= 15 is 0 Å². The van der Waals surface area contributed by atoms with Gasteiger partial charge in [0.15, 0.2) is 0 Å². The summed E-state index contributed by atoms with van der Waals surface area (Å²) in [5.74, 6) is 0.634. The van der Waals surface area contributed by atoms with Crippen LogP contribution in [0.25, 0.3) is 32.3 Å². The molecule has 0 saturated heterocycles. The van der Waals surface area contributed by atoms with Gasteiger partial charge < -0.3 is 0 Å². The van der Waals surface area contributed by atoms with Crippen molar-refractivity contribution in [3.8, 4) is 32.3 Å². The largest absolute Gasteiger partial charge is 0.214 e. The van der Waals surface area contributed by atoms with E-state index in [0.717, 1.165) is 4.88 Å². The molecule has 5 heteroatoms. The van der Waals surface area contributed by atoms with Gasteiger partial charge in [-0.25, -0.2) is 0 Å². The van der Waals surface area contributed by atoms with Crippen molar-refractivity contribution in [1.82, 2.24) is 20.6 Å². The Morgan fingerprint density at radius 1 is 0.833 bits per heavy atom. The molecule has 0 spiro atoms. The summed E-state index contributed by atoms with van der Waals surface area (Å²) >= 11 is 1.70. The van der Waals surface area contributed by atoms with E-state index in [2.05, 4.69) is 89.1 Å². The van der Waals surface area contributed by atoms with E-state index in [4.69, 9.17) is 0 Å². The number of tetrazole rings is 1. The fraction of sp³-hybridized carbons (Fsp3) is 0.105. The highest BCUT2D eigenvalue weighted by Gasteiger charge is 2.18. The highest BCUT2D eigenvalue weighted by Crippen LogP contribution is 2.44. The highest BCUT2D eigenvalue weighted by atomic mass is 32.1. The molecule has 0 aliphatic carbocycles. The van der Waals surface area contributed by atoms with Crippen LogP contribution in [0.4, 0.5) is 0 Å². The van der Waals surface area contributed by atoms with E-state index in [-0.39, 0.29) is 0 Å². The lowest BCUT2D eigenvalue weighted by atomic mass is 9.97. The lowest BCUT2D eigenvalue weighted by molar-refractivity contribution is 0.881. The molecule has 0 amide bonds. The molecular formula is C19H16N4S. The molecule has 2 aromatic heterocycles. The molecule has 0 bridgehead atoms. The standard InChI is InChI=1S/C19H16N4S/c1-12-7-3-5-9-14(12)16-11-17(19-20-22-23-21-19)24-18(16)15-10-6-4-8-13(15)2/h3-11H,1-2H3,(H,20,21,22,23). The molecule has 2 aromatic carbocycles. The van der Waals surface area contributed by atoms with Crippen molar-refractivity contribution in [1.29, 1.82) is 0 Å². The zero-order valence-corrected chi connectivity index (χ0v) is 14.3. The average Bonchev–Trinajstić information content (AvgIpc) is 3.25. The van der Waals surface area contributed by atoms with Crippen molar-refractivity contribution in [2.45, 2.75) is 13.8 Å². The van der Waals surface area contributed by atoms with E-state index < -0.39 is 0 Å². The smallest absolute Gasteiger partial charge is 0.177 e. The van der Waals surface area contributed by atoms with E-state index in [1.165, 1.54) is 32.7 Å². The third kappa shape index (κ3) is 2.53. The van der Waals surface area contributed by atoms with Gasteiger partial charge in [-0.1, -0.05) is 48.5 Å². The molecule has 1 N–H and O–H groups in total. The minimum Gasteiger partial charge on any atom is -0.177 e. The molecule has 0 atom stereocenters. The van der Waals surface area contributed by atoms with Gasteiger partial charge in [0.25, 0.3) is 0 Å². The number of hydrogen-bond donors (Lipinski definition) is 1. The Bertz CT molecular complexity index is 923. The number of H-pyrrole nitrogens is 1. The number of aromatic amines is 1. The fourth-order valence-corrected chi connectivity index (χ4v) is 4.06. The number of benzene rings is 2. The van der Waals surface area contributed by atoms with Crippen LogP contribution in [-0.2, 0) is 0 Å². The predicted octanol–water partition coefficient (Wildman–Crippen LogP) is 4.88. The first kappa shape index (κ1) is 14.8. The van der Waals surface area contributed by atoms with Crippen LogP contribution in [0.15, 0.2) is 54.6 Å². The molecule has 4 aromatic rings. The Morgan fingerprint density at radius 2 is 1.50 bits per heavy atom. The summed E-state index contributed by atoms with van der Waals surface area (Å²) in [5, 5.41) is 14.5. The minimum atomic E-state index is 0.634. The molecule has 4 nitrogen and oxygen atoms in total. The monoisotopic (exact) mass is 332 g/mol. The van der Waals surface area contributed by atoms with Crippen LogP contribution in [0.3, 0.4) is 0 Å². The van der Waals surface area contributed by atoms with Crippen LogP contribution in [0.2, 0.25) is 0 Å². The number of nitrogens with zero attached hydrogens (tertiary/aromatic N) is 3. The summed E-state index contributed by atoms with van der Waals surface area (Å²) in [6.45, 7) is 4.29. The SMILES string of the molecule is Cc1ccccc1-c1cc(-c2nn[nH]n2)sc1-c1ccccc1C. The Hall–Kier alpha value is -2.79. The van der Waals surface area contributed by atoms with Crippen molar-refractivity contribution in [2.24, 2.45) is 0 Å². The number of hydrogen-bond acceptors (Lipinski definition) is 4. The van der Waals surface area contributed by atoms with Crippen LogP contribution in [0.1, 0.15) is 11.1 Å². The maximum absolute atomic E-state index is 4.14. The Kier molecular flexibility index (Phi) is 3.70. The summed E-state index contributed by atoms with van der Waals surface area (Å²) in [7, 11) is 0. The molecule has 118 valence electrons. The lowest BCUT2D eigenvalue weighted by Gasteiger charge is -2.09. The third-order valence-electron chi connectivity index (χ3n) is 4.12. The predicted molar refractivity (Wildman–Crippen MR) is 97.8 cm³/mol. The molecule has 4 rings (SSSR count). The minimum absolute atomic E-state index is 0.634. The molecule has 0 fully saturated rings. The average molecular weight is 332 g/mol. The lowest BCUT2D eigenvalue weighted by Crippen LogP contribution is -1.85. The summed E-state index contributed by atoms with van der Waals surface area (Å²) in [6, 6.07) is 19.1. The maximum Gasteiger partial charge on any atom is 0.214 e. The summed E-state index contributed by atoms with van der Waals surface area (Å²) < 4.78 is 0. The zero-order chi connectivity index (χ0) is 16.5. The Balaban J connectivity index is 1.98. The topological polar surface area (TPSA) is 54.5 Å². The van der Waals surface area contributed by atoms with Crippen LogP contribution < -0.4 is 0 Å². The van der Waals surface area contributed by atoms with Gasteiger partial charge in [-0.2, -0.15) is 5.21 Å². The normalized spacial score (nSPS) is 10.9. The summed E-state index contributed by atoms with van der Waals surface area (Å²) in [4.78, 5) is 2.25. The molecule has 24 heavy (non-hydrogen) atoms.